The molecule has 0 aliphatic rings. The van der Waals surface area contributed by atoms with E-state index >= 15 is 0 Å². The molecule has 8 aromatic rings. The summed E-state index contributed by atoms with van der Waals surface area (Å²) in [6.45, 7) is 0. The van der Waals surface area contributed by atoms with Crippen molar-refractivity contribution in [2.45, 2.75) is 0 Å². The number of nitriles is 6. The number of allylic oxidation sites excluding steroid dienone is 4. The number of nitrogens with zero attached hydrogens (tertiary/aromatic N) is 8. The standard InChI is InChI=1S/C47H22N8OS4/c48-23-31(24-49)35(27-52)41-17-19-45(59-41)39-15-13-37(43-3-1-21-57-43)54(39)33-9-5-29(6-10-33)47(56)30-7-11-34(12-8-30)55-38(44-4-2-22-58-44)14-16-40(55)46-20-18-42(60-46)36(28-53)32(25-50)26-51/h1-22H. The second-order valence-corrected chi connectivity index (χ2v) is 16.8. The van der Waals surface area contributed by atoms with E-state index in [0.717, 1.165) is 53.7 Å². The topological polar surface area (TPSA) is 170 Å². The van der Waals surface area contributed by atoms with Gasteiger partial charge >= 0.3 is 0 Å². The molecule has 0 amide bonds. The van der Waals surface area contributed by atoms with Crippen molar-refractivity contribution in [3.05, 3.63) is 164 Å². The van der Waals surface area contributed by atoms with Crippen LogP contribution in [0.3, 0.4) is 0 Å². The van der Waals surface area contributed by atoms with Crippen molar-refractivity contribution in [1.82, 2.24) is 9.13 Å². The normalized spacial score (nSPS) is 10.3. The predicted molar refractivity (Wildman–Crippen MR) is 236 cm³/mol. The lowest BCUT2D eigenvalue weighted by atomic mass is 10.0. The summed E-state index contributed by atoms with van der Waals surface area (Å²) in [6.07, 6.45) is 0. The lowest BCUT2D eigenvalue weighted by Gasteiger charge is -2.14. The van der Waals surface area contributed by atoms with Crippen LogP contribution < -0.4 is 0 Å². The number of aromatic nitrogens is 2. The number of hydrogen-bond donors (Lipinski definition) is 0. The third kappa shape index (κ3) is 7.07. The molecule has 0 unspecified atom stereocenters. The fraction of sp³-hybridized carbons (Fsp3) is 0. The number of carbonyl (C=O) groups excluding carboxylic acids is 1. The number of rotatable bonds is 10. The molecule has 0 saturated heterocycles. The van der Waals surface area contributed by atoms with E-state index in [9.17, 15) is 36.4 Å². The van der Waals surface area contributed by atoms with E-state index in [0.29, 0.717) is 20.9 Å². The summed E-state index contributed by atoms with van der Waals surface area (Å²) < 4.78 is 4.19. The van der Waals surface area contributed by atoms with Crippen molar-refractivity contribution in [2.75, 3.05) is 0 Å². The number of ketones is 1. The van der Waals surface area contributed by atoms with Crippen LogP contribution in [0.1, 0.15) is 25.7 Å². The van der Waals surface area contributed by atoms with Crippen molar-refractivity contribution in [2.24, 2.45) is 0 Å². The van der Waals surface area contributed by atoms with Gasteiger partial charge in [0.25, 0.3) is 0 Å². The smallest absolute Gasteiger partial charge is 0.193 e. The van der Waals surface area contributed by atoms with Gasteiger partial charge in [0.1, 0.15) is 47.6 Å². The van der Waals surface area contributed by atoms with Crippen molar-refractivity contribution < 1.29 is 4.79 Å². The molecule has 6 aromatic heterocycles. The Morgan fingerprint density at radius 3 is 1.10 bits per heavy atom. The molecule has 0 atom stereocenters. The maximum absolute atomic E-state index is 14.0. The van der Waals surface area contributed by atoms with E-state index in [1.54, 1.807) is 59.1 Å². The van der Waals surface area contributed by atoms with Gasteiger partial charge in [-0.25, -0.2) is 0 Å². The molecule has 0 aliphatic carbocycles. The molecule has 6 heterocycles. The van der Waals surface area contributed by atoms with E-state index < -0.39 is 0 Å². The minimum atomic E-state index is -0.237. The molecule has 2 aromatic carbocycles. The van der Waals surface area contributed by atoms with Crippen LogP contribution in [-0.4, -0.2) is 14.9 Å². The van der Waals surface area contributed by atoms with Crippen LogP contribution >= 0.6 is 45.3 Å². The van der Waals surface area contributed by atoms with Gasteiger partial charge in [0.2, 0.25) is 0 Å². The molecule has 0 saturated carbocycles. The molecule has 9 nitrogen and oxygen atoms in total. The molecular formula is C47H22N8OS4. The van der Waals surface area contributed by atoms with Crippen molar-refractivity contribution >= 4 is 62.3 Å². The second kappa shape index (κ2) is 16.8. The summed E-state index contributed by atoms with van der Waals surface area (Å²) in [5.74, 6) is -0.153. The van der Waals surface area contributed by atoms with Crippen molar-refractivity contribution in [3.63, 3.8) is 0 Å². The van der Waals surface area contributed by atoms with E-state index in [1.165, 1.54) is 22.7 Å². The molecule has 280 valence electrons. The first-order valence-corrected chi connectivity index (χ1v) is 21.2. The zero-order chi connectivity index (χ0) is 41.8. The highest BCUT2D eigenvalue weighted by Gasteiger charge is 2.21. The molecular weight excluding hydrogens is 821 g/mol. The fourth-order valence-electron chi connectivity index (χ4n) is 6.70. The zero-order valence-corrected chi connectivity index (χ0v) is 34.1. The highest BCUT2D eigenvalue weighted by Crippen LogP contribution is 2.41. The Morgan fingerprint density at radius 2 is 0.783 bits per heavy atom. The van der Waals surface area contributed by atoms with E-state index in [2.05, 4.69) is 9.13 Å². The monoisotopic (exact) mass is 842 g/mol. The lowest BCUT2D eigenvalue weighted by molar-refractivity contribution is 0.103. The SMILES string of the molecule is N#CC(C#N)=C(C#N)c1ccc(-c2ccc(-c3cccs3)n2-c2ccc(C(=O)c3ccc(-n4c(-c5cccs5)ccc4-c4ccc(C(C#N)=C(C#N)C#N)s4)cc3)cc2)s1. The number of benzene rings is 2. The average molecular weight is 843 g/mol. The Balaban J connectivity index is 1.12. The van der Waals surface area contributed by atoms with Crippen molar-refractivity contribution in [3.8, 4) is 90.1 Å². The number of thiophene rings is 4. The zero-order valence-electron chi connectivity index (χ0n) is 30.8. The van der Waals surface area contributed by atoms with E-state index in [-0.39, 0.29) is 28.1 Å². The summed E-state index contributed by atoms with van der Waals surface area (Å²) in [5.41, 5.74) is 5.81. The first-order chi connectivity index (χ1) is 29.4. The van der Waals surface area contributed by atoms with Gasteiger partial charge in [0.05, 0.1) is 53.4 Å². The minimum absolute atomic E-state index is 0.0357. The molecule has 0 bridgehead atoms. The summed E-state index contributed by atoms with van der Waals surface area (Å²) >= 11 is 5.83. The Morgan fingerprint density at radius 1 is 0.417 bits per heavy atom. The fourth-order valence-corrected chi connectivity index (χ4v) is 10.2. The molecule has 0 radical (unpaired) electrons. The van der Waals surface area contributed by atoms with Gasteiger partial charge < -0.3 is 9.13 Å². The Bertz CT molecular complexity index is 3020. The van der Waals surface area contributed by atoms with Gasteiger partial charge in [-0.2, -0.15) is 31.6 Å². The predicted octanol–water partition coefficient (Wildman–Crippen LogP) is 12.1. The summed E-state index contributed by atoms with van der Waals surface area (Å²) in [4.78, 5) is 18.7. The Kier molecular flexibility index (Phi) is 10.8. The van der Waals surface area contributed by atoms with Crippen LogP contribution in [0.15, 0.2) is 143 Å². The van der Waals surface area contributed by atoms with Gasteiger partial charge in [0.15, 0.2) is 5.78 Å². The lowest BCUT2D eigenvalue weighted by Crippen LogP contribution is -2.04. The van der Waals surface area contributed by atoms with Gasteiger partial charge in [-0.1, -0.05) is 12.1 Å². The highest BCUT2D eigenvalue weighted by atomic mass is 32.1. The third-order valence-corrected chi connectivity index (χ3v) is 13.5. The van der Waals surface area contributed by atoms with Crippen LogP contribution in [0.4, 0.5) is 0 Å². The largest absolute Gasteiger partial charge is 0.308 e. The van der Waals surface area contributed by atoms with Crippen molar-refractivity contribution in [1.29, 1.82) is 31.6 Å². The summed E-state index contributed by atoms with van der Waals surface area (Å²) in [6, 6.07) is 49.4. The van der Waals surface area contributed by atoms with E-state index in [1.807, 2.05) is 132 Å². The molecule has 13 heteroatoms. The van der Waals surface area contributed by atoms with Crippen LogP contribution in [-0.2, 0) is 0 Å². The third-order valence-electron chi connectivity index (χ3n) is 9.46. The quantitative estimate of drug-likeness (QED) is 0.0974. The summed E-state index contributed by atoms with van der Waals surface area (Å²) in [7, 11) is 0. The van der Waals surface area contributed by atoms with Crippen LogP contribution in [0.5, 0.6) is 0 Å². The number of carbonyl (C=O) groups is 1. The second-order valence-electron chi connectivity index (χ2n) is 12.8. The number of hydrogen-bond acceptors (Lipinski definition) is 11. The molecule has 0 spiro atoms. The first kappa shape index (κ1) is 38.7. The highest BCUT2D eigenvalue weighted by molar-refractivity contribution is 7.17. The van der Waals surface area contributed by atoms with E-state index in [4.69, 9.17) is 0 Å². The van der Waals surface area contributed by atoms with Gasteiger partial charge in [-0.15, -0.1) is 45.3 Å². The minimum Gasteiger partial charge on any atom is -0.308 e. The van der Waals surface area contributed by atoms with Gasteiger partial charge in [-0.3, -0.25) is 4.79 Å². The maximum atomic E-state index is 14.0. The molecule has 0 N–H and O–H groups in total. The van der Waals surface area contributed by atoms with Gasteiger partial charge in [0, 0.05) is 32.3 Å². The maximum Gasteiger partial charge on any atom is 0.193 e. The van der Waals surface area contributed by atoms with Crippen LogP contribution in [0.25, 0.3) is 64.8 Å². The van der Waals surface area contributed by atoms with Crippen LogP contribution in [0, 0.1) is 68.0 Å². The average Bonchev–Trinajstić information content (AvgIpc) is 4.14. The molecule has 0 fully saturated rings. The van der Waals surface area contributed by atoms with Gasteiger partial charge in [-0.05, 0) is 120 Å². The molecule has 0 aliphatic heterocycles. The Labute approximate surface area is 359 Å². The van der Waals surface area contributed by atoms with Crippen LogP contribution in [0.2, 0.25) is 0 Å². The first-order valence-electron chi connectivity index (χ1n) is 17.8. The summed E-state index contributed by atoms with van der Waals surface area (Å²) in [5, 5.41) is 61.2. The molecule has 60 heavy (non-hydrogen) atoms. The molecule has 8 rings (SSSR count). The Hall–Kier alpha value is -8.11.